The fourth-order valence-electron chi connectivity index (χ4n) is 5.08. The van der Waals surface area contributed by atoms with E-state index in [2.05, 4.69) is 32.3 Å². The highest BCUT2D eigenvalue weighted by molar-refractivity contribution is 5.84. The number of hydrogen-bond acceptors (Lipinski definition) is 8. The van der Waals surface area contributed by atoms with Gasteiger partial charge in [0.05, 0.1) is 19.9 Å². The van der Waals surface area contributed by atoms with E-state index in [0.717, 1.165) is 54.5 Å². The number of aromatic nitrogens is 3. The third-order valence-corrected chi connectivity index (χ3v) is 6.60. The van der Waals surface area contributed by atoms with Gasteiger partial charge in [0.2, 0.25) is 6.79 Å². The van der Waals surface area contributed by atoms with E-state index in [1.54, 1.807) is 24.4 Å². The van der Waals surface area contributed by atoms with Crippen LogP contribution in [0.2, 0.25) is 0 Å². The Labute approximate surface area is 191 Å². The van der Waals surface area contributed by atoms with Crippen molar-refractivity contribution in [2.75, 3.05) is 27.1 Å². The second kappa shape index (κ2) is 8.08. The summed E-state index contributed by atoms with van der Waals surface area (Å²) >= 11 is 0. The Hall–Kier alpha value is -3.59. The van der Waals surface area contributed by atoms with Crippen molar-refractivity contribution in [3.8, 4) is 23.0 Å². The first-order valence-corrected chi connectivity index (χ1v) is 11.2. The van der Waals surface area contributed by atoms with Gasteiger partial charge in [0.1, 0.15) is 12.7 Å². The van der Waals surface area contributed by atoms with Crippen LogP contribution in [0.3, 0.4) is 0 Å². The number of hydrogen-bond donors (Lipinski definition) is 0. The average molecular weight is 447 g/mol. The summed E-state index contributed by atoms with van der Waals surface area (Å²) in [7, 11) is 1.68. The first-order valence-electron chi connectivity index (χ1n) is 11.2. The van der Waals surface area contributed by atoms with Crippen LogP contribution in [0.1, 0.15) is 40.8 Å². The van der Waals surface area contributed by atoms with Crippen LogP contribution in [0, 0.1) is 0 Å². The smallest absolute Gasteiger partial charge is 0.231 e. The van der Waals surface area contributed by atoms with Crippen LogP contribution >= 0.6 is 0 Å². The van der Waals surface area contributed by atoms with E-state index in [0.29, 0.717) is 6.61 Å². The summed E-state index contributed by atoms with van der Waals surface area (Å²) in [5, 5.41) is 12.2. The minimum absolute atomic E-state index is 0.251. The van der Waals surface area contributed by atoms with Gasteiger partial charge in [-0.25, -0.2) is 4.68 Å². The van der Waals surface area contributed by atoms with Gasteiger partial charge in [0, 0.05) is 30.3 Å². The molecule has 0 spiro atoms. The first-order chi connectivity index (χ1) is 16.2. The summed E-state index contributed by atoms with van der Waals surface area (Å²) in [6, 6.07) is 6.58. The molecule has 3 aliphatic rings. The quantitative estimate of drug-likeness (QED) is 0.556. The molecule has 1 unspecified atom stereocenters. The molecule has 3 aromatic rings. The molecular weight excluding hydrogens is 422 g/mol. The Bertz CT molecular complexity index is 1220. The second-order valence-electron chi connectivity index (χ2n) is 8.32. The summed E-state index contributed by atoms with van der Waals surface area (Å²) in [4.78, 5) is 2.52. The molecule has 0 aliphatic carbocycles. The maximum absolute atomic E-state index is 6.08. The van der Waals surface area contributed by atoms with Crippen LogP contribution in [0.4, 0.5) is 0 Å². The summed E-state index contributed by atoms with van der Waals surface area (Å²) < 4.78 is 24.7. The summed E-state index contributed by atoms with van der Waals surface area (Å²) in [6.07, 6.45) is 6.80. The van der Waals surface area contributed by atoms with Crippen molar-refractivity contribution in [1.82, 2.24) is 19.8 Å². The van der Waals surface area contributed by atoms with Crippen LogP contribution < -0.4 is 18.9 Å². The molecule has 3 aliphatic heterocycles. The Morgan fingerprint density at radius 2 is 1.97 bits per heavy atom. The van der Waals surface area contributed by atoms with E-state index in [-0.39, 0.29) is 12.8 Å². The van der Waals surface area contributed by atoms with Gasteiger partial charge in [-0.05, 0) is 54.7 Å². The molecule has 0 bridgehead atoms. The lowest BCUT2D eigenvalue weighted by Gasteiger charge is -2.42. The van der Waals surface area contributed by atoms with Crippen LogP contribution in [0.15, 0.2) is 36.0 Å². The van der Waals surface area contributed by atoms with E-state index in [1.165, 1.54) is 22.3 Å². The highest BCUT2D eigenvalue weighted by Gasteiger charge is 2.36. The average Bonchev–Trinajstić information content (AvgIpc) is 3.53. The molecule has 4 heterocycles. The van der Waals surface area contributed by atoms with Crippen LogP contribution in [0.5, 0.6) is 23.0 Å². The topological polar surface area (TPSA) is 83.2 Å². The molecule has 33 heavy (non-hydrogen) atoms. The van der Waals surface area contributed by atoms with Crippen LogP contribution in [-0.2, 0) is 19.4 Å². The zero-order valence-electron chi connectivity index (χ0n) is 18.7. The molecule has 0 amide bonds. The Balaban J connectivity index is 1.46. The largest absolute Gasteiger partial charge is 0.493 e. The molecule has 1 atom stereocenters. The molecule has 0 radical (unpaired) electrons. The maximum Gasteiger partial charge on any atom is 0.231 e. The SMILES string of the molecule is CCOc1c(OC)cc(/C=N/n2cnnc2)c2c1CN1CCc3cc4c(cc3C1C2)OCO4. The number of rotatable bonds is 5. The lowest BCUT2D eigenvalue weighted by molar-refractivity contribution is 0.156. The molecular formula is C24H25N5O4. The lowest BCUT2D eigenvalue weighted by atomic mass is 9.82. The van der Waals surface area contributed by atoms with Crippen molar-refractivity contribution in [2.24, 2.45) is 5.10 Å². The van der Waals surface area contributed by atoms with Crippen molar-refractivity contribution in [1.29, 1.82) is 0 Å². The van der Waals surface area contributed by atoms with Gasteiger partial charge in [0.15, 0.2) is 23.0 Å². The number of fused-ring (bicyclic) bond motifs is 5. The van der Waals surface area contributed by atoms with Gasteiger partial charge in [0.25, 0.3) is 0 Å². The predicted octanol–water partition coefficient (Wildman–Crippen LogP) is 2.95. The number of ether oxygens (including phenoxy) is 4. The van der Waals surface area contributed by atoms with Gasteiger partial charge in [-0.1, -0.05) is 0 Å². The predicted molar refractivity (Wildman–Crippen MR) is 120 cm³/mol. The third-order valence-electron chi connectivity index (χ3n) is 6.60. The minimum atomic E-state index is 0.251. The van der Waals surface area contributed by atoms with E-state index >= 15 is 0 Å². The Kier molecular flexibility index (Phi) is 4.91. The van der Waals surface area contributed by atoms with E-state index in [4.69, 9.17) is 18.9 Å². The van der Waals surface area contributed by atoms with E-state index in [9.17, 15) is 0 Å². The second-order valence-corrected chi connectivity index (χ2v) is 8.32. The van der Waals surface area contributed by atoms with Crippen molar-refractivity contribution in [3.05, 3.63) is 58.7 Å². The van der Waals surface area contributed by atoms with Gasteiger partial charge >= 0.3 is 0 Å². The van der Waals surface area contributed by atoms with Crippen LogP contribution in [0.25, 0.3) is 0 Å². The molecule has 0 N–H and O–H groups in total. The van der Waals surface area contributed by atoms with Gasteiger partial charge in [-0.15, -0.1) is 10.2 Å². The Morgan fingerprint density at radius 1 is 1.15 bits per heavy atom. The van der Waals surface area contributed by atoms with Gasteiger partial charge in [-0.3, -0.25) is 4.90 Å². The lowest BCUT2D eigenvalue weighted by Crippen LogP contribution is -2.40. The fourth-order valence-corrected chi connectivity index (χ4v) is 5.08. The van der Waals surface area contributed by atoms with Crippen molar-refractivity contribution < 1.29 is 18.9 Å². The molecule has 1 aromatic heterocycles. The van der Waals surface area contributed by atoms with Gasteiger partial charge in [-0.2, -0.15) is 5.10 Å². The van der Waals surface area contributed by atoms with E-state index < -0.39 is 0 Å². The maximum atomic E-state index is 6.08. The highest BCUT2D eigenvalue weighted by Crippen LogP contribution is 2.47. The number of methoxy groups -OCH3 is 1. The van der Waals surface area contributed by atoms with Gasteiger partial charge < -0.3 is 18.9 Å². The molecule has 6 rings (SSSR count). The molecule has 9 nitrogen and oxygen atoms in total. The molecule has 0 saturated heterocycles. The van der Waals surface area contributed by atoms with Crippen molar-refractivity contribution in [2.45, 2.75) is 32.4 Å². The summed E-state index contributed by atoms with van der Waals surface area (Å²) in [6.45, 7) is 4.62. The summed E-state index contributed by atoms with van der Waals surface area (Å²) in [5.41, 5.74) is 6.05. The summed E-state index contributed by atoms with van der Waals surface area (Å²) in [5.74, 6) is 3.23. The molecule has 170 valence electrons. The highest BCUT2D eigenvalue weighted by atomic mass is 16.7. The van der Waals surface area contributed by atoms with Crippen molar-refractivity contribution >= 4 is 6.21 Å². The zero-order chi connectivity index (χ0) is 22.4. The molecule has 0 fully saturated rings. The third kappa shape index (κ3) is 3.39. The Morgan fingerprint density at radius 3 is 2.76 bits per heavy atom. The first kappa shape index (κ1) is 20.0. The van der Waals surface area contributed by atoms with Crippen LogP contribution in [-0.4, -0.2) is 53.0 Å². The molecule has 0 saturated carbocycles. The van der Waals surface area contributed by atoms with E-state index in [1.807, 2.05) is 19.2 Å². The molecule has 9 heteroatoms. The minimum Gasteiger partial charge on any atom is -0.493 e. The monoisotopic (exact) mass is 447 g/mol. The number of benzene rings is 2. The normalized spacial score (nSPS) is 18.7. The van der Waals surface area contributed by atoms with Crippen molar-refractivity contribution in [3.63, 3.8) is 0 Å². The number of nitrogens with zero attached hydrogens (tertiary/aromatic N) is 5. The fraction of sp³-hybridized carbons (Fsp3) is 0.375. The zero-order valence-corrected chi connectivity index (χ0v) is 18.7. The molecule has 2 aromatic carbocycles. The standard InChI is InChI=1S/C24H25N5O4/c1-3-31-24-19-11-28-5-4-15-6-21-22(33-14-32-21)9-18(15)20(28)8-17(19)16(7-23(24)30-2)10-27-29-12-25-26-13-29/h6-7,9-10,12-13,20H,3-5,8,11,14H2,1-2H3/b27-10+.